The van der Waals surface area contributed by atoms with Gasteiger partial charge in [0.25, 0.3) is 0 Å². The van der Waals surface area contributed by atoms with Gasteiger partial charge in [-0.25, -0.2) is 0 Å². The van der Waals surface area contributed by atoms with E-state index in [-0.39, 0.29) is 11.9 Å². The Labute approximate surface area is 115 Å². The van der Waals surface area contributed by atoms with Gasteiger partial charge < -0.3 is 11.1 Å². The van der Waals surface area contributed by atoms with E-state index in [1.807, 2.05) is 6.07 Å². The van der Waals surface area contributed by atoms with Crippen molar-refractivity contribution < 1.29 is 4.79 Å². The van der Waals surface area contributed by atoms with Crippen molar-refractivity contribution in [2.24, 2.45) is 11.7 Å². The minimum atomic E-state index is 0.103. The number of anilines is 1. The van der Waals surface area contributed by atoms with Crippen LogP contribution in [-0.2, 0) is 11.2 Å². The Morgan fingerprint density at radius 3 is 2.79 bits per heavy atom. The average Bonchev–Trinajstić information content (AvgIpc) is 2.55. The number of fused-ring (bicyclic) bond motifs is 1. The zero-order valence-corrected chi connectivity index (χ0v) is 11.9. The number of nitrogens with one attached hydrogen (secondary N) is 1. The van der Waals surface area contributed by atoms with E-state index < -0.39 is 0 Å². The second-order valence-electron chi connectivity index (χ2n) is 5.90. The Morgan fingerprint density at radius 1 is 1.26 bits per heavy atom. The molecule has 1 aromatic rings. The molecule has 2 rings (SSSR count). The number of aryl methyl sites for hydroxylation is 1. The lowest BCUT2D eigenvalue weighted by atomic mass is 9.95. The van der Waals surface area contributed by atoms with E-state index in [2.05, 4.69) is 31.3 Å². The summed E-state index contributed by atoms with van der Waals surface area (Å²) in [5.74, 6) is 0.807. The van der Waals surface area contributed by atoms with Crippen LogP contribution in [0.2, 0.25) is 0 Å². The quantitative estimate of drug-likeness (QED) is 0.871. The summed E-state index contributed by atoms with van der Waals surface area (Å²) in [5, 5.41) is 2.96. The molecule has 19 heavy (non-hydrogen) atoms. The van der Waals surface area contributed by atoms with Crippen LogP contribution >= 0.6 is 0 Å². The Hall–Kier alpha value is -1.35. The lowest BCUT2D eigenvalue weighted by Gasteiger charge is -2.16. The van der Waals surface area contributed by atoms with Crippen LogP contribution in [-0.4, -0.2) is 5.91 Å². The fraction of sp³-hybridized carbons (Fsp3) is 0.562. The van der Waals surface area contributed by atoms with E-state index in [9.17, 15) is 4.79 Å². The van der Waals surface area contributed by atoms with E-state index in [0.717, 1.165) is 31.4 Å². The molecule has 0 fully saturated rings. The second kappa shape index (κ2) is 6.20. The third kappa shape index (κ3) is 3.80. The van der Waals surface area contributed by atoms with Gasteiger partial charge in [-0.2, -0.15) is 0 Å². The monoisotopic (exact) mass is 260 g/mol. The molecule has 3 nitrogen and oxygen atoms in total. The summed E-state index contributed by atoms with van der Waals surface area (Å²) >= 11 is 0. The third-order valence-corrected chi connectivity index (χ3v) is 3.74. The number of nitrogens with two attached hydrogens (primary N) is 1. The molecule has 0 saturated heterocycles. The summed E-state index contributed by atoms with van der Waals surface area (Å²) in [7, 11) is 0. The van der Waals surface area contributed by atoms with Crippen molar-refractivity contribution in [2.75, 3.05) is 5.32 Å². The topological polar surface area (TPSA) is 55.1 Å². The summed E-state index contributed by atoms with van der Waals surface area (Å²) in [5.41, 5.74) is 9.63. The zero-order valence-electron chi connectivity index (χ0n) is 11.9. The molecule has 0 saturated carbocycles. The van der Waals surface area contributed by atoms with Gasteiger partial charge in [-0.3, -0.25) is 4.79 Å². The highest BCUT2D eigenvalue weighted by Gasteiger charge is 2.15. The van der Waals surface area contributed by atoms with E-state index in [1.54, 1.807) is 0 Å². The van der Waals surface area contributed by atoms with Gasteiger partial charge in [-0.15, -0.1) is 0 Å². The number of rotatable bonds is 4. The molecule has 0 spiro atoms. The largest absolute Gasteiger partial charge is 0.326 e. The highest BCUT2D eigenvalue weighted by atomic mass is 16.1. The zero-order chi connectivity index (χ0) is 13.8. The molecular weight excluding hydrogens is 236 g/mol. The molecule has 1 unspecified atom stereocenters. The fourth-order valence-corrected chi connectivity index (χ4v) is 2.50. The van der Waals surface area contributed by atoms with Crippen molar-refractivity contribution >= 4 is 11.6 Å². The minimum absolute atomic E-state index is 0.103. The summed E-state index contributed by atoms with van der Waals surface area (Å²) < 4.78 is 0. The van der Waals surface area contributed by atoms with Crippen molar-refractivity contribution in [1.82, 2.24) is 0 Å². The molecule has 1 aliphatic heterocycles. The first kappa shape index (κ1) is 14.1. The first-order valence-electron chi connectivity index (χ1n) is 7.24. The second-order valence-corrected chi connectivity index (χ2v) is 5.90. The van der Waals surface area contributed by atoms with Crippen LogP contribution in [0.25, 0.3) is 0 Å². The average molecular weight is 260 g/mol. The van der Waals surface area contributed by atoms with E-state index in [1.165, 1.54) is 11.1 Å². The van der Waals surface area contributed by atoms with Gasteiger partial charge in [0.15, 0.2) is 0 Å². The van der Waals surface area contributed by atoms with Crippen LogP contribution in [0.1, 0.15) is 56.7 Å². The maximum absolute atomic E-state index is 11.5. The summed E-state index contributed by atoms with van der Waals surface area (Å²) in [6.07, 6.45) is 4.66. The van der Waals surface area contributed by atoms with Crippen LogP contribution in [0.15, 0.2) is 18.2 Å². The van der Waals surface area contributed by atoms with Crippen molar-refractivity contribution in [2.45, 2.75) is 52.0 Å². The van der Waals surface area contributed by atoms with Crippen LogP contribution in [0.4, 0.5) is 5.69 Å². The number of hydrogen-bond acceptors (Lipinski definition) is 2. The van der Waals surface area contributed by atoms with Crippen molar-refractivity contribution in [3.63, 3.8) is 0 Å². The maximum atomic E-state index is 11.5. The van der Waals surface area contributed by atoms with Crippen molar-refractivity contribution in [3.05, 3.63) is 29.3 Å². The van der Waals surface area contributed by atoms with Gasteiger partial charge in [0.1, 0.15) is 0 Å². The molecule has 1 heterocycles. The lowest BCUT2D eigenvalue weighted by Crippen LogP contribution is -2.13. The molecule has 104 valence electrons. The van der Waals surface area contributed by atoms with Crippen molar-refractivity contribution in [1.29, 1.82) is 0 Å². The summed E-state index contributed by atoms with van der Waals surface area (Å²) in [6.45, 7) is 4.44. The molecule has 3 heteroatoms. The molecule has 1 amide bonds. The normalized spacial score (nSPS) is 16.7. The van der Waals surface area contributed by atoms with Gasteiger partial charge in [0.05, 0.1) is 0 Å². The number of carbonyl (C=O) groups is 1. The van der Waals surface area contributed by atoms with Gasteiger partial charge in [-0.05, 0) is 48.8 Å². The van der Waals surface area contributed by atoms with Crippen LogP contribution in [0.3, 0.4) is 0 Å². The summed E-state index contributed by atoms with van der Waals surface area (Å²) in [4.78, 5) is 11.5. The van der Waals surface area contributed by atoms with Gasteiger partial charge in [0, 0.05) is 18.2 Å². The molecule has 3 N–H and O–H groups in total. The minimum Gasteiger partial charge on any atom is -0.326 e. The van der Waals surface area contributed by atoms with Gasteiger partial charge >= 0.3 is 0 Å². The van der Waals surface area contributed by atoms with Gasteiger partial charge in [-0.1, -0.05) is 26.0 Å². The molecule has 0 bridgehead atoms. The number of amides is 1. The molecule has 0 aliphatic carbocycles. The fourth-order valence-electron chi connectivity index (χ4n) is 2.50. The lowest BCUT2D eigenvalue weighted by molar-refractivity contribution is -0.116. The van der Waals surface area contributed by atoms with Crippen LogP contribution in [0.5, 0.6) is 0 Å². The van der Waals surface area contributed by atoms with Gasteiger partial charge in [0.2, 0.25) is 5.91 Å². The SMILES string of the molecule is CC(C)CCC(N)c1ccc2c(c1)CCCC(=O)N2. The molecule has 1 aliphatic rings. The highest BCUT2D eigenvalue weighted by Crippen LogP contribution is 2.27. The smallest absolute Gasteiger partial charge is 0.224 e. The number of hydrogen-bond donors (Lipinski definition) is 2. The Kier molecular flexibility index (Phi) is 4.59. The standard InChI is InChI=1S/C16H24N2O/c1-11(2)6-8-14(17)12-7-9-15-13(10-12)4-3-5-16(19)18-15/h7,9-11,14H,3-6,8,17H2,1-2H3,(H,18,19). The summed E-state index contributed by atoms with van der Waals surface area (Å²) in [6, 6.07) is 6.33. The predicted octanol–water partition coefficient (Wildman–Crippen LogP) is 3.40. The van der Waals surface area contributed by atoms with Crippen molar-refractivity contribution in [3.8, 4) is 0 Å². The van der Waals surface area contributed by atoms with Crippen LogP contribution < -0.4 is 11.1 Å². The molecular formula is C16H24N2O. The Bertz CT molecular complexity index is 454. The first-order valence-corrected chi connectivity index (χ1v) is 7.24. The highest BCUT2D eigenvalue weighted by molar-refractivity contribution is 5.92. The molecule has 0 aromatic heterocycles. The van der Waals surface area contributed by atoms with Crippen LogP contribution in [0, 0.1) is 5.92 Å². The van der Waals surface area contributed by atoms with E-state index in [4.69, 9.17) is 5.73 Å². The van der Waals surface area contributed by atoms with E-state index >= 15 is 0 Å². The number of benzene rings is 1. The predicted molar refractivity (Wildman–Crippen MR) is 79.0 cm³/mol. The Morgan fingerprint density at radius 2 is 2.05 bits per heavy atom. The third-order valence-electron chi connectivity index (χ3n) is 3.74. The van der Waals surface area contributed by atoms with E-state index in [0.29, 0.717) is 12.3 Å². The first-order chi connectivity index (χ1) is 9.06. The Balaban J connectivity index is 2.11. The molecule has 1 atom stereocenters. The number of carbonyl (C=O) groups excluding carboxylic acids is 1. The maximum Gasteiger partial charge on any atom is 0.224 e. The molecule has 0 radical (unpaired) electrons. The molecule has 1 aromatic carbocycles.